The number of ketones is 1. The standard InChI is InChI=1S/C16H14N2O3/c1-9-14(11(3)19)10(2)18-15(9)16(20)21-13-6-4-5-12(7-13)8-17/h4-7,18H,1-3H3. The largest absolute Gasteiger partial charge is 0.422 e. The minimum Gasteiger partial charge on any atom is -0.422 e. The predicted octanol–water partition coefficient (Wildman–Crippen LogP) is 2.93. The summed E-state index contributed by atoms with van der Waals surface area (Å²) in [5.74, 6) is -0.403. The van der Waals surface area contributed by atoms with E-state index in [-0.39, 0.29) is 17.2 Å². The number of aromatic amines is 1. The summed E-state index contributed by atoms with van der Waals surface area (Å²) in [6, 6.07) is 8.30. The zero-order chi connectivity index (χ0) is 15.6. The molecule has 0 saturated heterocycles. The molecule has 0 radical (unpaired) electrons. The molecule has 1 aromatic heterocycles. The number of ether oxygens (including phenoxy) is 1. The summed E-state index contributed by atoms with van der Waals surface area (Å²) in [6.45, 7) is 4.88. The van der Waals surface area contributed by atoms with Crippen LogP contribution in [0.25, 0.3) is 0 Å². The van der Waals surface area contributed by atoms with Gasteiger partial charge in [0.2, 0.25) is 0 Å². The summed E-state index contributed by atoms with van der Waals surface area (Å²) < 4.78 is 5.24. The highest BCUT2D eigenvalue weighted by Gasteiger charge is 2.21. The van der Waals surface area contributed by atoms with Crippen molar-refractivity contribution in [3.63, 3.8) is 0 Å². The molecular formula is C16H14N2O3. The number of benzene rings is 1. The summed E-state index contributed by atoms with van der Waals surface area (Å²) in [5, 5.41) is 8.82. The third-order valence-corrected chi connectivity index (χ3v) is 3.17. The molecule has 1 aromatic carbocycles. The van der Waals surface area contributed by atoms with E-state index in [0.717, 1.165) is 0 Å². The number of rotatable bonds is 3. The summed E-state index contributed by atoms with van der Waals surface area (Å²) in [6.07, 6.45) is 0. The van der Waals surface area contributed by atoms with Crippen LogP contribution in [-0.4, -0.2) is 16.7 Å². The van der Waals surface area contributed by atoms with Crippen LogP contribution < -0.4 is 4.74 Å². The maximum atomic E-state index is 12.2. The highest BCUT2D eigenvalue weighted by Crippen LogP contribution is 2.21. The number of nitrogens with one attached hydrogen (secondary N) is 1. The average molecular weight is 282 g/mol. The van der Waals surface area contributed by atoms with Crippen LogP contribution in [0.15, 0.2) is 24.3 Å². The summed E-state index contributed by atoms with van der Waals surface area (Å²) >= 11 is 0. The number of hydrogen-bond acceptors (Lipinski definition) is 4. The zero-order valence-electron chi connectivity index (χ0n) is 12.0. The van der Waals surface area contributed by atoms with Crippen LogP contribution in [0, 0.1) is 25.2 Å². The first-order valence-electron chi connectivity index (χ1n) is 6.36. The first-order valence-corrected chi connectivity index (χ1v) is 6.36. The first kappa shape index (κ1) is 14.5. The highest BCUT2D eigenvalue weighted by atomic mass is 16.5. The molecule has 0 atom stereocenters. The van der Waals surface area contributed by atoms with Crippen LogP contribution in [0.2, 0.25) is 0 Å². The van der Waals surface area contributed by atoms with Gasteiger partial charge in [0.05, 0.1) is 11.6 Å². The lowest BCUT2D eigenvalue weighted by molar-refractivity contribution is 0.0728. The predicted molar refractivity (Wildman–Crippen MR) is 76.4 cm³/mol. The molecule has 1 heterocycles. The minimum absolute atomic E-state index is 0.105. The molecule has 0 saturated carbocycles. The van der Waals surface area contributed by atoms with Crippen LogP contribution in [-0.2, 0) is 0 Å². The summed E-state index contributed by atoms with van der Waals surface area (Å²) in [5.41, 5.74) is 2.37. The van der Waals surface area contributed by atoms with Crippen molar-refractivity contribution in [1.82, 2.24) is 4.98 Å². The fourth-order valence-corrected chi connectivity index (χ4v) is 2.27. The van der Waals surface area contributed by atoms with Gasteiger partial charge in [-0.15, -0.1) is 0 Å². The number of Topliss-reactive ketones (excluding diaryl/α,β-unsaturated/α-hetero) is 1. The van der Waals surface area contributed by atoms with Gasteiger partial charge in [0, 0.05) is 11.3 Å². The number of aryl methyl sites for hydroxylation is 1. The Morgan fingerprint density at radius 2 is 2.00 bits per heavy atom. The van der Waals surface area contributed by atoms with Gasteiger partial charge in [0.15, 0.2) is 5.78 Å². The second-order valence-electron chi connectivity index (χ2n) is 4.71. The summed E-state index contributed by atoms with van der Waals surface area (Å²) in [7, 11) is 0. The molecular weight excluding hydrogens is 268 g/mol. The van der Waals surface area contributed by atoms with Gasteiger partial charge < -0.3 is 9.72 Å². The molecule has 0 aliphatic heterocycles. The SMILES string of the molecule is CC(=O)c1c(C)[nH]c(C(=O)Oc2cccc(C#N)c2)c1C. The van der Waals surface area contributed by atoms with E-state index >= 15 is 0 Å². The minimum atomic E-state index is -0.585. The van der Waals surface area contributed by atoms with Crippen LogP contribution in [0.5, 0.6) is 5.75 Å². The van der Waals surface area contributed by atoms with Crippen molar-refractivity contribution in [3.8, 4) is 11.8 Å². The molecule has 2 aromatic rings. The number of aromatic nitrogens is 1. The normalized spacial score (nSPS) is 10.0. The lowest BCUT2D eigenvalue weighted by Gasteiger charge is -2.04. The molecule has 0 spiro atoms. The molecule has 0 aliphatic rings. The average Bonchev–Trinajstić information content (AvgIpc) is 2.74. The van der Waals surface area contributed by atoms with Crippen LogP contribution in [0.4, 0.5) is 0 Å². The molecule has 21 heavy (non-hydrogen) atoms. The zero-order valence-corrected chi connectivity index (χ0v) is 12.0. The van der Waals surface area contributed by atoms with Gasteiger partial charge in [-0.25, -0.2) is 4.79 Å². The van der Waals surface area contributed by atoms with Crippen LogP contribution >= 0.6 is 0 Å². The first-order chi connectivity index (χ1) is 9.93. The number of esters is 1. The van der Waals surface area contributed by atoms with Gasteiger partial charge in [-0.2, -0.15) is 5.26 Å². The van der Waals surface area contributed by atoms with Crippen LogP contribution in [0.1, 0.15) is 44.6 Å². The van der Waals surface area contributed by atoms with Gasteiger partial charge in [0.25, 0.3) is 0 Å². The Kier molecular flexibility index (Phi) is 3.90. The van der Waals surface area contributed by atoms with Gasteiger partial charge in [-0.05, 0) is 44.5 Å². The Hall–Kier alpha value is -2.87. The number of H-pyrrole nitrogens is 1. The summed E-state index contributed by atoms with van der Waals surface area (Å²) in [4.78, 5) is 26.6. The van der Waals surface area contributed by atoms with Gasteiger partial charge in [0.1, 0.15) is 11.4 Å². The number of hydrogen-bond donors (Lipinski definition) is 1. The third-order valence-electron chi connectivity index (χ3n) is 3.17. The van der Waals surface area contributed by atoms with E-state index < -0.39 is 5.97 Å². The van der Waals surface area contributed by atoms with E-state index in [1.165, 1.54) is 13.0 Å². The molecule has 5 heteroatoms. The quantitative estimate of drug-likeness (QED) is 0.533. The van der Waals surface area contributed by atoms with E-state index in [2.05, 4.69) is 4.98 Å². The van der Waals surface area contributed by atoms with Crippen molar-refractivity contribution in [2.75, 3.05) is 0 Å². The lowest BCUT2D eigenvalue weighted by atomic mass is 10.1. The van der Waals surface area contributed by atoms with Gasteiger partial charge in [-0.1, -0.05) is 6.07 Å². The third kappa shape index (κ3) is 2.84. The molecule has 5 nitrogen and oxygen atoms in total. The van der Waals surface area contributed by atoms with Crippen molar-refractivity contribution in [1.29, 1.82) is 5.26 Å². The van der Waals surface area contributed by atoms with Gasteiger partial charge >= 0.3 is 5.97 Å². The second kappa shape index (κ2) is 5.63. The fourth-order valence-electron chi connectivity index (χ4n) is 2.27. The van der Waals surface area contributed by atoms with E-state index in [1.54, 1.807) is 32.0 Å². The molecule has 106 valence electrons. The topological polar surface area (TPSA) is 82.9 Å². The van der Waals surface area contributed by atoms with E-state index in [9.17, 15) is 9.59 Å². The highest BCUT2D eigenvalue weighted by molar-refractivity contribution is 6.01. The molecule has 1 N–H and O–H groups in total. The fraction of sp³-hybridized carbons (Fsp3) is 0.188. The Labute approximate surface area is 122 Å². The molecule has 0 amide bonds. The maximum Gasteiger partial charge on any atom is 0.360 e. The second-order valence-corrected chi connectivity index (χ2v) is 4.71. The number of nitriles is 1. The van der Waals surface area contributed by atoms with Crippen molar-refractivity contribution in [2.24, 2.45) is 0 Å². The van der Waals surface area contributed by atoms with E-state index in [0.29, 0.717) is 22.4 Å². The van der Waals surface area contributed by atoms with Crippen molar-refractivity contribution >= 4 is 11.8 Å². The van der Waals surface area contributed by atoms with Crippen molar-refractivity contribution in [3.05, 3.63) is 52.3 Å². The van der Waals surface area contributed by atoms with Crippen LogP contribution in [0.3, 0.4) is 0 Å². The van der Waals surface area contributed by atoms with Crippen molar-refractivity contribution in [2.45, 2.75) is 20.8 Å². The number of nitrogens with zero attached hydrogens (tertiary/aromatic N) is 1. The van der Waals surface area contributed by atoms with E-state index in [4.69, 9.17) is 10.00 Å². The smallest absolute Gasteiger partial charge is 0.360 e. The Morgan fingerprint density at radius 3 is 2.57 bits per heavy atom. The molecule has 0 bridgehead atoms. The molecule has 0 aliphatic carbocycles. The molecule has 2 rings (SSSR count). The van der Waals surface area contributed by atoms with Gasteiger partial charge in [-0.3, -0.25) is 4.79 Å². The Morgan fingerprint density at radius 1 is 1.29 bits per heavy atom. The number of carbonyl (C=O) groups excluding carboxylic acids is 2. The monoisotopic (exact) mass is 282 g/mol. The number of carbonyl (C=O) groups is 2. The Balaban J connectivity index is 2.31. The molecule has 0 fully saturated rings. The van der Waals surface area contributed by atoms with E-state index in [1.807, 2.05) is 6.07 Å². The lowest BCUT2D eigenvalue weighted by Crippen LogP contribution is -2.11. The maximum absolute atomic E-state index is 12.2. The Bertz CT molecular complexity index is 766. The van der Waals surface area contributed by atoms with Crippen molar-refractivity contribution < 1.29 is 14.3 Å². The molecule has 0 unspecified atom stereocenters.